The molecule has 0 aliphatic carbocycles. The molecule has 0 aromatic heterocycles. The van der Waals surface area contributed by atoms with Crippen molar-refractivity contribution < 1.29 is 33.0 Å². The molecule has 1 saturated heterocycles. The Hall–Kier alpha value is -5.29. The number of nitrogens with zero attached hydrogens (tertiary/aromatic N) is 2. The molecule has 1 fully saturated rings. The number of anilines is 3. The lowest BCUT2D eigenvalue weighted by atomic mass is 10.0. The van der Waals surface area contributed by atoms with Gasteiger partial charge in [-0.25, -0.2) is 19.0 Å². The number of benzene rings is 4. The van der Waals surface area contributed by atoms with Crippen LogP contribution >= 0.6 is 15.9 Å². The summed E-state index contributed by atoms with van der Waals surface area (Å²) in [6, 6.07) is 24.6. The zero-order chi connectivity index (χ0) is 30.5. The number of urea groups is 1. The summed E-state index contributed by atoms with van der Waals surface area (Å²) in [6.07, 6.45) is 1.35. The lowest BCUT2D eigenvalue weighted by Crippen LogP contribution is -2.57. The number of rotatable bonds is 8. The molecule has 1 aliphatic heterocycles. The van der Waals surface area contributed by atoms with E-state index < -0.39 is 36.2 Å². The molecule has 4 aromatic rings. The van der Waals surface area contributed by atoms with Crippen LogP contribution in [0.1, 0.15) is 5.56 Å². The number of halogens is 2. The Morgan fingerprint density at radius 1 is 0.860 bits per heavy atom. The van der Waals surface area contributed by atoms with Crippen molar-refractivity contribution in [1.82, 2.24) is 0 Å². The van der Waals surface area contributed by atoms with E-state index in [-0.39, 0.29) is 22.8 Å². The Morgan fingerprint density at radius 2 is 1.42 bits per heavy atom. The van der Waals surface area contributed by atoms with Gasteiger partial charge in [0.25, 0.3) is 17.7 Å². The average Bonchev–Trinajstić information content (AvgIpc) is 3.01. The maximum absolute atomic E-state index is 13.9. The Balaban J connectivity index is 1.46. The van der Waals surface area contributed by atoms with Crippen LogP contribution in [0.5, 0.6) is 11.5 Å². The molecule has 216 valence electrons. The van der Waals surface area contributed by atoms with Crippen LogP contribution in [0.3, 0.4) is 0 Å². The Kier molecular flexibility index (Phi) is 8.63. The highest BCUT2D eigenvalue weighted by molar-refractivity contribution is 9.10. The number of hydrogen-bond donors (Lipinski definition) is 1. The molecule has 9 nitrogen and oxygen atoms in total. The van der Waals surface area contributed by atoms with E-state index in [1.165, 1.54) is 37.5 Å². The van der Waals surface area contributed by atoms with Crippen LogP contribution in [0.2, 0.25) is 0 Å². The van der Waals surface area contributed by atoms with Gasteiger partial charge in [-0.2, -0.15) is 0 Å². The summed E-state index contributed by atoms with van der Waals surface area (Å²) in [5.41, 5.74) is 0.720. The molecule has 0 spiro atoms. The zero-order valence-electron chi connectivity index (χ0n) is 22.6. The van der Waals surface area contributed by atoms with Crippen molar-refractivity contribution in [2.75, 3.05) is 28.8 Å². The van der Waals surface area contributed by atoms with Crippen LogP contribution in [0.4, 0.5) is 26.2 Å². The molecule has 1 aliphatic rings. The number of barbiturate groups is 1. The molecule has 43 heavy (non-hydrogen) atoms. The van der Waals surface area contributed by atoms with Gasteiger partial charge in [-0.05, 0) is 76.1 Å². The summed E-state index contributed by atoms with van der Waals surface area (Å²) in [5, 5.41) is 2.44. The summed E-state index contributed by atoms with van der Waals surface area (Å²) in [4.78, 5) is 55.0. The lowest BCUT2D eigenvalue weighted by molar-refractivity contribution is -0.121. The van der Waals surface area contributed by atoms with Crippen LogP contribution in [0.15, 0.2) is 107 Å². The third-order valence-electron chi connectivity index (χ3n) is 6.34. The molecule has 5 rings (SSSR count). The van der Waals surface area contributed by atoms with Gasteiger partial charge < -0.3 is 14.8 Å². The van der Waals surface area contributed by atoms with Gasteiger partial charge in [-0.1, -0.05) is 48.5 Å². The minimum Gasteiger partial charge on any atom is -0.493 e. The third-order valence-corrected chi connectivity index (χ3v) is 6.93. The van der Waals surface area contributed by atoms with Gasteiger partial charge >= 0.3 is 6.03 Å². The van der Waals surface area contributed by atoms with E-state index in [0.29, 0.717) is 21.4 Å². The standard InChI is InChI=1S/C32H23BrFN3O6/c1-42-27-18-20(17-24(33)29(27)43-19-28(38)35-26-15-9-8-14-25(26)34)16-23-30(39)36(21-10-4-2-5-11-21)32(41)37(31(23)40)22-12-6-3-7-13-22/h2-18H,19H2,1H3,(H,35,38). The van der Waals surface area contributed by atoms with Crippen LogP contribution < -0.4 is 24.6 Å². The van der Waals surface area contributed by atoms with E-state index in [2.05, 4.69) is 21.2 Å². The first-order valence-corrected chi connectivity index (χ1v) is 13.7. The molecule has 5 amide bonds. The summed E-state index contributed by atoms with van der Waals surface area (Å²) >= 11 is 3.40. The van der Waals surface area contributed by atoms with Crippen LogP contribution in [0.25, 0.3) is 6.08 Å². The molecule has 0 bridgehead atoms. The second-order valence-electron chi connectivity index (χ2n) is 9.14. The van der Waals surface area contributed by atoms with E-state index in [1.807, 2.05) is 0 Å². The lowest BCUT2D eigenvalue weighted by Gasteiger charge is -2.34. The van der Waals surface area contributed by atoms with E-state index in [9.17, 15) is 23.6 Å². The maximum Gasteiger partial charge on any atom is 0.343 e. The summed E-state index contributed by atoms with van der Waals surface area (Å²) < 4.78 is 25.4. The quantitative estimate of drug-likeness (QED) is 0.181. The molecule has 0 radical (unpaired) electrons. The molecule has 0 unspecified atom stereocenters. The minimum atomic E-state index is -0.805. The minimum absolute atomic E-state index is 0.0125. The van der Waals surface area contributed by atoms with Crippen molar-refractivity contribution >= 4 is 62.8 Å². The van der Waals surface area contributed by atoms with Gasteiger partial charge in [0.15, 0.2) is 18.1 Å². The van der Waals surface area contributed by atoms with Gasteiger partial charge in [0.1, 0.15) is 11.4 Å². The Bertz CT molecular complexity index is 1680. The SMILES string of the molecule is COc1cc(C=C2C(=O)N(c3ccccc3)C(=O)N(c3ccccc3)C2=O)cc(Br)c1OCC(=O)Nc1ccccc1F. The molecule has 0 saturated carbocycles. The van der Waals surface area contributed by atoms with Crippen LogP contribution in [0, 0.1) is 5.82 Å². The number of amides is 5. The Labute approximate surface area is 254 Å². The number of imide groups is 2. The number of nitrogens with one attached hydrogen (secondary N) is 1. The van der Waals surface area contributed by atoms with Gasteiger partial charge in [-0.15, -0.1) is 0 Å². The van der Waals surface area contributed by atoms with E-state index in [4.69, 9.17) is 9.47 Å². The van der Waals surface area contributed by atoms with Crippen molar-refractivity contribution in [3.8, 4) is 11.5 Å². The van der Waals surface area contributed by atoms with E-state index in [1.54, 1.807) is 72.8 Å². The predicted octanol–water partition coefficient (Wildman–Crippen LogP) is 6.20. The average molecular weight is 644 g/mol. The normalized spacial score (nSPS) is 13.2. The topological polar surface area (TPSA) is 105 Å². The number of ether oxygens (including phenoxy) is 2. The molecule has 11 heteroatoms. The largest absolute Gasteiger partial charge is 0.493 e. The molecular formula is C32H23BrFN3O6. The number of para-hydroxylation sites is 3. The van der Waals surface area contributed by atoms with Gasteiger partial charge in [0.05, 0.1) is 28.6 Å². The van der Waals surface area contributed by atoms with Crippen LogP contribution in [-0.4, -0.2) is 37.5 Å². The highest BCUT2D eigenvalue weighted by Gasteiger charge is 2.43. The third kappa shape index (κ3) is 6.16. The monoisotopic (exact) mass is 643 g/mol. The second-order valence-corrected chi connectivity index (χ2v) is 10.00. The smallest absolute Gasteiger partial charge is 0.343 e. The van der Waals surface area contributed by atoms with Crippen LogP contribution in [-0.2, 0) is 14.4 Å². The first-order valence-electron chi connectivity index (χ1n) is 12.9. The number of carbonyl (C=O) groups is 4. The van der Waals surface area contributed by atoms with E-state index >= 15 is 0 Å². The zero-order valence-corrected chi connectivity index (χ0v) is 24.2. The van der Waals surface area contributed by atoms with Crippen molar-refractivity contribution in [1.29, 1.82) is 0 Å². The molecule has 1 heterocycles. The summed E-state index contributed by atoms with van der Waals surface area (Å²) in [5.74, 6) is -2.43. The fraction of sp³-hybridized carbons (Fsp3) is 0.0625. The fourth-order valence-electron chi connectivity index (χ4n) is 4.36. The molecule has 1 N–H and O–H groups in total. The number of carbonyl (C=O) groups excluding carboxylic acids is 4. The van der Waals surface area contributed by atoms with Crippen molar-refractivity contribution in [3.05, 3.63) is 118 Å². The van der Waals surface area contributed by atoms with Gasteiger partial charge in [0.2, 0.25) is 0 Å². The van der Waals surface area contributed by atoms with Gasteiger partial charge in [0, 0.05) is 0 Å². The van der Waals surface area contributed by atoms with Crippen molar-refractivity contribution in [2.24, 2.45) is 0 Å². The highest BCUT2D eigenvalue weighted by Crippen LogP contribution is 2.38. The first kappa shape index (κ1) is 29.2. The predicted molar refractivity (Wildman–Crippen MR) is 162 cm³/mol. The summed E-state index contributed by atoms with van der Waals surface area (Å²) in [7, 11) is 1.38. The second kappa shape index (κ2) is 12.7. The first-order chi connectivity index (χ1) is 20.8. The summed E-state index contributed by atoms with van der Waals surface area (Å²) in [6.45, 7) is -0.457. The number of hydrogen-bond acceptors (Lipinski definition) is 6. The van der Waals surface area contributed by atoms with Crippen molar-refractivity contribution in [3.63, 3.8) is 0 Å². The van der Waals surface area contributed by atoms with E-state index in [0.717, 1.165) is 9.80 Å². The van der Waals surface area contributed by atoms with Gasteiger partial charge in [-0.3, -0.25) is 14.4 Å². The number of methoxy groups -OCH3 is 1. The molecule has 4 aromatic carbocycles. The maximum atomic E-state index is 13.9. The molecule has 0 atom stereocenters. The highest BCUT2D eigenvalue weighted by atomic mass is 79.9. The molecular weight excluding hydrogens is 621 g/mol. The van der Waals surface area contributed by atoms with Crippen molar-refractivity contribution in [2.45, 2.75) is 0 Å². The Morgan fingerprint density at radius 3 is 1.98 bits per heavy atom. The fourth-order valence-corrected chi connectivity index (χ4v) is 4.93.